The van der Waals surface area contributed by atoms with Gasteiger partial charge in [-0.25, -0.2) is 16.8 Å². The van der Waals surface area contributed by atoms with Gasteiger partial charge in [-0.3, -0.25) is 13.8 Å². The highest BCUT2D eigenvalue weighted by atomic mass is 32.2. The molecule has 0 unspecified atom stereocenters. The molecule has 4 rings (SSSR count). The van der Waals surface area contributed by atoms with Gasteiger partial charge in [0.1, 0.15) is 30.4 Å². The third kappa shape index (κ3) is 8.40. The summed E-state index contributed by atoms with van der Waals surface area (Å²) in [6, 6.07) is 26.1. The molecule has 11 nitrogen and oxygen atoms in total. The van der Waals surface area contributed by atoms with Crippen molar-refractivity contribution in [3.63, 3.8) is 0 Å². The van der Waals surface area contributed by atoms with Crippen molar-refractivity contribution in [3.8, 4) is 17.2 Å². The van der Waals surface area contributed by atoms with Crippen LogP contribution >= 0.6 is 0 Å². The maximum Gasteiger partial charge on any atom is 0.262 e. The van der Waals surface area contributed by atoms with Crippen LogP contribution in [0.2, 0.25) is 0 Å². The van der Waals surface area contributed by atoms with Crippen LogP contribution in [-0.2, 0) is 31.4 Å². The number of benzene rings is 4. The lowest BCUT2D eigenvalue weighted by Gasteiger charge is -2.22. The molecule has 0 saturated carbocycles. The normalized spacial score (nSPS) is 11.3. The largest absolute Gasteiger partial charge is 0.497 e. The Labute approximate surface area is 251 Å². The summed E-state index contributed by atoms with van der Waals surface area (Å²) in [5, 5.41) is 2.60. The minimum absolute atomic E-state index is 0.0669. The molecule has 0 spiro atoms. The monoisotopic (exact) mass is 625 g/mol. The van der Waals surface area contributed by atoms with E-state index in [1.54, 1.807) is 36.4 Å². The second-order valence-corrected chi connectivity index (χ2v) is 12.9. The van der Waals surface area contributed by atoms with Gasteiger partial charge in [0.05, 0.1) is 36.7 Å². The molecule has 43 heavy (non-hydrogen) atoms. The lowest BCUT2D eigenvalue weighted by Crippen LogP contribution is -2.37. The van der Waals surface area contributed by atoms with Crippen LogP contribution in [0.3, 0.4) is 0 Å². The first-order valence-corrected chi connectivity index (χ1v) is 16.2. The summed E-state index contributed by atoms with van der Waals surface area (Å²) in [6.07, 6.45) is 1.00. The summed E-state index contributed by atoms with van der Waals surface area (Å²) in [7, 11) is -4.95. The minimum Gasteiger partial charge on any atom is -0.497 e. The van der Waals surface area contributed by atoms with Crippen LogP contribution in [0.25, 0.3) is 0 Å². The highest BCUT2D eigenvalue weighted by molar-refractivity contribution is 7.92. The van der Waals surface area contributed by atoms with E-state index < -0.39 is 32.5 Å². The van der Waals surface area contributed by atoms with Gasteiger partial charge in [0, 0.05) is 11.8 Å². The summed E-state index contributed by atoms with van der Waals surface area (Å²) in [6.45, 7) is -0.149. The fourth-order valence-corrected chi connectivity index (χ4v) is 5.91. The predicted molar refractivity (Wildman–Crippen MR) is 165 cm³/mol. The van der Waals surface area contributed by atoms with Crippen LogP contribution in [0.1, 0.15) is 5.56 Å². The fraction of sp³-hybridized carbons (Fsp3) is 0.167. The van der Waals surface area contributed by atoms with Crippen molar-refractivity contribution in [3.05, 3.63) is 103 Å². The van der Waals surface area contributed by atoms with E-state index in [4.69, 9.17) is 14.2 Å². The second-order valence-electron chi connectivity index (χ2n) is 9.28. The Morgan fingerprint density at radius 2 is 1.44 bits per heavy atom. The Hall–Kier alpha value is -4.75. The highest BCUT2D eigenvalue weighted by Crippen LogP contribution is 2.31. The Morgan fingerprint density at radius 1 is 0.791 bits per heavy atom. The van der Waals surface area contributed by atoms with Crippen molar-refractivity contribution >= 4 is 43.0 Å². The maximum atomic E-state index is 13.0. The number of carbonyl (C=O) groups excluding carboxylic acids is 1. The quantitative estimate of drug-likeness (QED) is 0.222. The summed E-state index contributed by atoms with van der Waals surface area (Å²) in [4.78, 5) is 12.8. The van der Waals surface area contributed by atoms with E-state index >= 15 is 0 Å². The molecule has 0 aromatic heterocycles. The van der Waals surface area contributed by atoms with Crippen molar-refractivity contribution in [2.24, 2.45) is 0 Å². The molecule has 0 fully saturated rings. The SMILES string of the molecule is COc1ccc(OC)c(NS(=O)(=O)c2ccc(NC(=O)CN(c3ccc(OCc4ccccc4)cc3)S(C)(=O)=O)cc2)c1. The zero-order valence-corrected chi connectivity index (χ0v) is 25.3. The molecule has 0 atom stereocenters. The molecule has 226 valence electrons. The first-order valence-electron chi connectivity index (χ1n) is 12.9. The first kappa shape index (κ1) is 31.2. The van der Waals surface area contributed by atoms with Crippen molar-refractivity contribution in [1.82, 2.24) is 0 Å². The lowest BCUT2D eigenvalue weighted by atomic mass is 10.2. The zero-order valence-electron chi connectivity index (χ0n) is 23.7. The summed E-state index contributed by atoms with van der Waals surface area (Å²) in [5.74, 6) is 0.662. The molecule has 0 saturated heterocycles. The van der Waals surface area contributed by atoms with Crippen molar-refractivity contribution < 1.29 is 35.8 Å². The third-order valence-corrected chi connectivity index (χ3v) is 8.68. The molecule has 0 aliphatic rings. The summed E-state index contributed by atoms with van der Waals surface area (Å²) in [5.41, 5.74) is 1.74. The molecule has 4 aromatic carbocycles. The van der Waals surface area contributed by atoms with E-state index in [0.29, 0.717) is 23.9 Å². The molecular weight excluding hydrogens is 594 g/mol. The van der Waals surface area contributed by atoms with Crippen molar-refractivity contribution in [1.29, 1.82) is 0 Å². The number of methoxy groups -OCH3 is 2. The van der Waals surface area contributed by atoms with E-state index in [1.807, 2.05) is 30.3 Å². The maximum absolute atomic E-state index is 13.0. The van der Waals surface area contributed by atoms with Crippen molar-refractivity contribution in [2.45, 2.75) is 11.5 Å². The fourth-order valence-electron chi connectivity index (χ4n) is 4.00. The van der Waals surface area contributed by atoms with Gasteiger partial charge in [-0.1, -0.05) is 30.3 Å². The van der Waals surface area contributed by atoms with Crippen LogP contribution in [0.4, 0.5) is 17.1 Å². The van der Waals surface area contributed by atoms with E-state index in [-0.39, 0.29) is 22.0 Å². The number of nitrogens with zero attached hydrogens (tertiary/aromatic N) is 1. The van der Waals surface area contributed by atoms with Gasteiger partial charge in [-0.2, -0.15) is 0 Å². The van der Waals surface area contributed by atoms with Gasteiger partial charge in [-0.05, 0) is 66.2 Å². The zero-order chi connectivity index (χ0) is 31.0. The molecule has 0 aliphatic heterocycles. The minimum atomic E-state index is -4.01. The lowest BCUT2D eigenvalue weighted by molar-refractivity contribution is -0.114. The Morgan fingerprint density at radius 3 is 2.05 bits per heavy atom. The third-order valence-electron chi connectivity index (χ3n) is 6.16. The van der Waals surface area contributed by atoms with E-state index in [1.165, 1.54) is 44.6 Å². The molecule has 0 heterocycles. The van der Waals surface area contributed by atoms with E-state index in [9.17, 15) is 21.6 Å². The molecule has 4 aromatic rings. The van der Waals surface area contributed by atoms with E-state index in [2.05, 4.69) is 10.0 Å². The van der Waals surface area contributed by atoms with Crippen LogP contribution in [0, 0.1) is 0 Å². The van der Waals surface area contributed by atoms with Crippen molar-refractivity contribution in [2.75, 3.05) is 41.4 Å². The molecule has 0 bridgehead atoms. The molecule has 13 heteroatoms. The number of carbonyl (C=O) groups is 1. The van der Waals surface area contributed by atoms with Crippen LogP contribution < -0.4 is 28.6 Å². The average molecular weight is 626 g/mol. The van der Waals surface area contributed by atoms with E-state index in [0.717, 1.165) is 16.1 Å². The van der Waals surface area contributed by atoms with Crippen LogP contribution in [-0.4, -0.2) is 49.8 Å². The first-order chi connectivity index (χ1) is 20.5. The standard InChI is InChI=1S/C30H31N3O8S2/c1-39-26-15-18-29(40-2)28(19-26)32-43(37,38)27-16-9-23(10-17-27)31-30(34)20-33(42(3,35)36)24-11-13-25(14-12-24)41-21-22-7-5-4-6-8-22/h4-19,32H,20-21H2,1-3H3,(H,31,34). The topological polar surface area (TPSA) is 140 Å². The second kappa shape index (κ2) is 13.5. The predicted octanol–water partition coefficient (Wildman–Crippen LogP) is 4.49. The molecule has 0 radical (unpaired) electrons. The van der Waals surface area contributed by atoms with Gasteiger partial charge in [0.25, 0.3) is 10.0 Å². The number of ether oxygens (including phenoxy) is 3. The summed E-state index contributed by atoms with van der Waals surface area (Å²) < 4.78 is 70.6. The number of anilines is 3. The van der Waals surface area contributed by atoms with Gasteiger partial charge in [-0.15, -0.1) is 0 Å². The number of nitrogens with one attached hydrogen (secondary N) is 2. The number of sulfonamides is 2. The van der Waals surface area contributed by atoms with Gasteiger partial charge in [0.2, 0.25) is 15.9 Å². The Balaban J connectivity index is 1.41. The number of hydrogen-bond acceptors (Lipinski definition) is 8. The molecule has 0 aliphatic carbocycles. The van der Waals surface area contributed by atoms with Gasteiger partial charge >= 0.3 is 0 Å². The molecular formula is C30H31N3O8S2. The smallest absolute Gasteiger partial charge is 0.262 e. The number of rotatable bonds is 13. The van der Waals surface area contributed by atoms with Crippen LogP contribution in [0.15, 0.2) is 102 Å². The highest BCUT2D eigenvalue weighted by Gasteiger charge is 2.22. The molecule has 2 N–H and O–H groups in total. The van der Waals surface area contributed by atoms with Gasteiger partial charge < -0.3 is 19.5 Å². The number of amides is 1. The Kier molecular flexibility index (Phi) is 9.78. The average Bonchev–Trinajstić information content (AvgIpc) is 2.99. The Bertz CT molecular complexity index is 1760. The number of hydrogen-bond donors (Lipinski definition) is 2. The van der Waals surface area contributed by atoms with Crippen LogP contribution in [0.5, 0.6) is 17.2 Å². The molecule has 1 amide bonds. The summed E-state index contributed by atoms with van der Waals surface area (Å²) >= 11 is 0. The van der Waals surface area contributed by atoms with Gasteiger partial charge in [0.15, 0.2) is 0 Å².